The third-order valence-corrected chi connectivity index (χ3v) is 14.3. The highest BCUT2D eigenvalue weighted by Crippen LogP contribution is 2.87. The van der Waals surface area contributed by atoms with Crippen LogP contribution in [-0.4, -0.2) is 54.0 Å². The monoisotopic (exact) mass is 572 g/mol. The molecule has 2 aliphatic heterocycles. The van der Waals surface area contributed by atoms with Crippen molar-refractivity contribution >= 4 is 5.97 Å². The first-order chi connectivity index (χ1) is 19.3. The van der Waals surface area contributed by atoms with Gasteiger partial charge in [-0.2, -0.15) is 0 Å². The van der Waals surface area contributed by atoms with Gasteiger partial charge >= 0.3 is 5.97 Å². The van der Waals surface area contributed by atoms with Crippen LogP contribution in [0.5, 0.6) is 0 Å². The fourth-order valence-corrected chi connectivity index (χ4v) is 12.6. The molecular weight excluding hydrogens is 516 g/mol. The number of ether oxygens (including phenoxy) is 4. The van der Waals surface area contributed by atoms with Gasteiger partial charge in [-0.05, 0) is 143 Å². The van der Waals surface area contributed by atoms with Crippen molar-refractivity contribution in [3.63, 3.8) is 0 Å². The lowest BCUT2D eigenvalue weighted by Gasteiger charge is -2.60. The minimum atomic E-state index is -1.13. The molecule has 41 heavy (non-hydrogen) atoms. The van der Waals surface area contributed by atoms with Gasteiger partial charge in [0.05, 0.1) is 23.9 Å². The van der Waals surface area contributed by atoms with E-state index in [9.17, 15) is 9.90 Å². The van der Waals surface area contributed by atoms with Gasteiger partial charge in [-0.1, -0.05) is 20.8 Å². The highest BCUT2D eigenvalue weighted by atomic mass is 16.7. The Kier molecular flexibility index (Phi) is 6.84. The van der Waals surface area contributed by atoms with E-state index in [-0.39, 0.29) is 29.9 Å². The lowest BCUT2D eigenvalue weighted by Crippen LogP contribution is -2.55. The molecule has 7 aliphatic rings. The van der Waals surface area contributed by atoms with E-state index in [0.717, 1.165) is 44.1 Å². The molecule has 0 aromatic heterocycles. The zero-order valence-corrected chi connectivity index (χ0v) is 26.6. The van der Waals surface area contributed by atoms with Gasteiger partial charge < -0.3 is 24.1 Å². The van der Waals surface area contributed by atoms with Crippen LogP contribution in [0, 0.1) is 45.3 Å². The normalized spacial score (nSPS) is 50.8. The van der Waals surface area contributed by atoms with Gasteiger partial charge in [0.15, 0.2) is 12.4 Å². The van der Waals surface area contributed by atoms with Crippen molar-refractivity contribution in [3.8, 4) is 0 Å². The number of carbonyl (C=O) groups is 1. The zero-order valence-electron chi connectivity index (χ0n) is 26.6. The second kappa shape index (κ2) is 9.65. The average Bonchev–Trinajstić information content (AvgIpc) is 3.49. The predicted molar refractivity (Wildman–Crippen MR) is 156 cm³/mol. The van der Waals surface area contributed by atoms with Gasteiger partial charge in [-0.25, -0.2) is 0 Å². The van der Waals surface area contributed by atoms with E-state index in [0.29, 0.717) is 34.2 Å². The van der Waals surface area contributed by atoms with Gasteiger partial charge in [-0.3, -0.25) is 4.79 Å². The molecule has 6 heteroatoms. The van der Waals surface area contributed by atoms with Crippen molar-refractivity contribution in [2.75, 3.05) is 6.61 Å². The molecule has 1 N–H and O–H groups in total. The highest BCUT2D eigenvalue weighted by molar-refractivity contribution is 5.66. The van der Waals surface area contributed by atoms with Crippen molar-refractivity contribution < 1.29 is 28.8 Å². The van der Waals surface area contributed by atoms with Gasteiger partial charge in [0.25, 0.3) is 0 Å². The standard InChI is InChI=1S/C35H56O6/c1-21(36)39-30(32(4,5)37)25-12-10-23-26(40-25)19-24-22-11-13-27-31(2,3)28(41-29-9-7-8-18-38-29)14-15-35(27)20-34(22,35)17-16-33(23,24)6/h22-30,37H,7-20H2,1-6H3/t22?,23-,24?,25?,26?,27-,28-,29?,30-,33+,34-,35+/m0/s1. The summed E-state index contributed by atoms with van der Waals surface area (Å²) in [5, 5.41) is 10.9. The van der Waals surface area contributed by atoms with Gasteiger partial charge in [0.2, 0.25) is 0 Å². The molecule has 5 saturated carbocycles. The van der Waals surface area contributed by atoms with Crippen LogP contribution in [0.4, 0.5) is 0 Å². The smallest absolute Gasteiger partial charge is 0.303 e. The molecule has 7 rings (SSSR count). The van der Waals surface area contributed by atoms with Crippen LogP contribution in [0.25, 0.3) is 0 Å². The molecule has 0 amide bonds. The molecule has 2 heterocycles. The first-order valence-corrected chi connectivity index (χ1v) is 17.1. The second-order valence-electron chi connectivity index (χ2n) is 16.9. The molecule has 0 aromatic carbocycles. The van der Waals surface area contributed by atoms with E-state index in [1.807, 2.05) is 0 Å². The summed E-state index contributed by atoms with van der Waals surface area (Å²) in [6.07, 6.45) is 15.6. The maximum absolute atomic E-state index is 11.9. The number of carbonyl (C=O) groups excluding carboxylic acids is 1. The molecule has 0 radical (unpaired) electrons. The Bertz CT molecular complexity index is 1030. The summed E-state index contributed by atoms with van der Waals surface area (Å²) < 4.78 is 25.3. The van der Waals surface area contributed by atoms with Crippen molar-refractivity contribution in [1.82, 2.24) is 0 Å². The molecule has 0 bridgehead atoms. The zero-order chi connectivity index (χ0) is 29.0. The van der Waals surface area contributed by atoms with Crippen molar-refractivity contribution in [2.45, 2.75) is 161 Å². The molecule has 2 saturated heterocycles. The third kappa shape index (κ3) is 4.26. The number of esters is 1. The number of hydrogen-bond donors (Lipinski definition) is 1. The summed E-state index contributed by atoms with van der Waals surface area (Å²) in [6.45, 7) is 13.4. The Morgan fingerprint density at radius 3 is 2.41 bits per heavy atom. The maximum Gasteiger partial charge on any atom is 0.303 e. The van der Waals surface area contributed by atoms with E-state index in [1.165, 1.54) is 64.7 Å². The Hall–Kier alpha value is -0.690. The van der Waals surface area contributed by atoms with Crippen LogP contribution >= 0.6 is 0 Å². The number of hydrogen-bond acceptors (Lipinski definition) is 6. The number of fused-ring (bicyclic) bond motifs is 4. The summed E-state index contributed by atoms with van der Waals surface area (Å²) >= 11 is 0. The summed E-state index contributed by atoms with van der Waals surface area (Å²) in [7, 11) is 0. The lowest BCUT2D eigenvalue weighted by atomic mass is 9.46. The predicted octanol–water partition coefficient (Wildman–Crippen LogP) is 6.81. The highest BCUT2D eigenvalue weighted by Gasteiger charge is 2.80. The second-order valence-corrected chi connectivity index (χ2v) is 16.9. The van der Waals surface area contributed by atoms with E-state index >= 15 is 0 Å². The molecular formula is C35H56O6. The van der Waals surface area contributed by atoms with Crippen molar-refractivity contribution in [2.24, 2.45) is 45.3 Å². The van der Waals surface area contributed by atoms with E-state index in [2.05, 4.69) is 20.8 Å². The topological polar surface area (TPSA) is 74.2 Å². The van der Waals surface area contributed by atoms with Gasteiger partial charge in [-0.15, -0.1) is 0 Å². The quantitative estimate of drug-likeness (QED) is 0.288. The first kappa shape index (κ1) is 29.0. The largest absolute Gasteiger partial charge is 0.457 e. The third-order valence-electron chi connectivity index (χ3n) is 14.3. The fraction of sp³-hybridized carbons (Fsp3) is 0.971. The average molecular weight is 573 g/mol. The maximum atomic E-state index is 11.9. The van der Waals surface area contributed by atoms with Gasteiger partial charge in [0.1, 0.15) is 0 Å². The van der Waals surface area contributed by atoms with E-state index in [4.69, 9.17) is 18.9 Å². The number of aliphatic hydroxyl groups is 1. The van der Waals surface area contributed by atoms with Crippen LogP contribution in [0.3, 0.4) is 0 Å². The summed E-state index contributed by atoms with van der Waals surface area (Å²) in [6, 6.07) is 0. The SMILES string of the molecule is CC(=O)O[C@@H](C1CC[C@H]2C(CC3C4CC[C@H]5C(C)(C)[C@@H](OC6CCCCO6)CC[C@@]56C[C@@]46CC[C@@]32C)O1)C(C)(C)O. The lowest BCUT2D eigenvalue weighted by molar-refractivity contribution is -0.237. The summed E-state index contributed by atoms with van der Waals surface area (Å²) in [4.78, 5) is 11.9. The van der Waals surface area contributed by atoms with Crippen molar-refractivity contribution in [1.29, 1.82) is 0 Å². The number of rotatable bonds is 5. The van der Waals surface area contributed by atoms with Crippen LogP contribution in [0.15, 0.2) is 0 Å². The Labute approximate surface area is 248 Å². The Balaban J connectivity index is 1.08. The Morgan fingerprint density at radius 1 is 0.927 bits per heavy atom. The summed E-state index contributed by atoms with van der Waals surface area (Å²) in [5.74, 6) is 2.50. The molecule has 232 valence electrons. The minimum Gasteiger partial charge on any atom is -0.457 e. The van der Waals surface area contributed by atoms with Crippen molar-refractivity contribution in [3.05, 3.63) is 0 Å². The van der Waals surface area contributed by atoms with Crippen LogP contribution in [0.1, 0.15) is 125 Å². The molecule has 5 unspecified atom stereocenters. The van der Waals surface area contributed by atoms with Crippen LogP contribution < -0.4 is 0 Å². The first-order valence-electron chi connectivity index (χ1n) is 17.1. The van der Waals surface area contributed by atoms with Crippen LogP contribution in [-0.2, 0) is 23.7 Å². The van der Waals surface area contributed by atoms with Crippen LogP contribution in [0.2, 0.25) is 0 Å². The molecule has 6 nitrogen and oxygen atoms in total. The molecule has 7 fully saturated rings. The van der Waals surface area contributed by atoms with Gasteiger partial charge in [0, 0.05) is 13.5 Å². The fourth-order valence-electron chi connectivity index (χ4n) is 12.6. The Morgan fingerprint density at radius 2 is 1.71 bits per heavy atom. The molecule has 0 aromatic rings. The minimum absolute atomic E-state index is 0.00415. The molecule has 12 atom stereocenters. The molecule has 2 spiro atoms. The summed E-state index contributed by atoms with van der Waals surface area (Å²) in [5.41, 5.74) is 0.426. The van der Waals surface area contributed by atoms with E-state index in [1.54, 1.807) is 13.8 Å². The van der Waals surface area contributed by atoms with E-state index < -0.39 is 11.7 Å². The molecule has 5 aliphatic carbocycles.